The molecule has 0 unspecified atom stereocenters. The molecule has 0 radical (unpaired) electrons. The molecule has 1 aromatic heterocycles. The fourth-order valence-electron chi connectivity index (χ4n) is 8.47. The second kappa shape index (κ2) is 8.97. The summed E-state index contributed by atoms with van der Waals surface area (Å²) in [5.41, 5.74) is 3.28. The Morgan fingerprint density at radius 3 is 2.49 bits per heavy atom. The van der Waals surface area contributed by atoms with Gasteiger partial charge in [-0.2, -0.15) is 0 Å². The van der Waals surface area contributed by atoms with Gasteiger partial charge in [-0.25, -0.2) is 0 Å². The molecule has 5 nitrogen and oxygen atoms in total. The van der Waals surface area contributed by atoms with Crippen LogP contribution in [0.4, 0.5) is 0 Å². The minimum absolute atomic E-state index is 0.0395. The first-order chi connectivity index (χ1) is 16.6. The lowest BCUT2D eigenvalue weighted by Crippen LogP contribution is -2.50. The van der Waals surface area contributed by atoms with Gasteiger partial charge in [-0.1, -0.05) is 44.1 Å². The number of hydrogen-bond donors (Lipinski definition) is 0. The summed E-state index contributed by atoms with van der Waals surface area (Å²) >= 11 is 0. The molecule has 0 aromatic carbocycles. The Morgan fingerprint density at radius 2 is 1.80 bits per heavy atom. The molecular formula is C30H40O5. The number of rotatable bonds is 5. The standard InChI is InChI=1S/C30H40O5/c1-18(28(35-20(3)32)27-7-6-16-33-27)24-10-11-25-23-9-8-21-17-22(34-19(2)31)12-14-29(21,4)26(23)13-15-30(24,25)5/h6-8,10,16,18,22-23,25-26,28H,9,11-15,17H2,1-5H3/t18-,22-,23-,25-,26-,28+,29-,30+/m0/s1. The third-order valence-electron chi connectivity index (χ3n) is 10.1. The maximum Gasteiger partial charge on any atom is 0.303 e. The summed E-state index contributed by atoms with van der Waals surface area (Å²) in [5, 5.41) is 0. The van der Waals surface area contributed by atoms with Gasteiger partial charge in [0.15, 0.2) is 6.10 Å². The highest BCUT2D eigenvalue weighted by atomic mass is 16.6. The Bertz CT molecular complexity index is 1040. The number of carbonyl (C=O) groups is 2. The molecule has 0 saturated heterocycles. The Kier molecular flexibility index (Phi) is 6.26. The minimum atomic E-state index is -0.394. The van der Waals surface area contributed by atoms with Crippen LogP contribution in [0.25, 0.3) is 0 Å². The van der Waals surface area contributed by atoms with E-state index in [0.717, 1.165) is 44.3 Å². The molecule has 5 rings (SSSR count). The van der Waals surface area contributed by atoms with E-state index in [9.17, 15) is 9.59 Å². The van der Waals surface area contributed by atoms with Crippen LogP contribution in [-0.2, 0) is 19.1 Å². The highest BCUT2D eigenvalue weighted by Gasteiger charge is 2.57. The predicted molar refractivity (Wildman–Crippen MR) is 133 cm³/mol. The molecule has 0 amide bonds. The number of hydrogen-bond acceptors (Lipinski definition) is 5. The molecule has 190 valence electrons. The summed E-state index contributed by atoms with van der Waals surface area (Å²) in [5.74, 6) is 2.29. The molecule has 35 heavy (non-hydrogen) atoms. The number of ether oxygens (including phenoxy) is 2. The van der Waals surface area contributed by atoms with Gasteiger partial charge in [-0.15, -0.1) is 0 Å². The number of fused-ring (bicyclic) bond motifs is 5. The third-order valence-corrected chi connectivity index (χ3v) is 10.1. The fraction of sp³-hybridized carbons (Fsp3) is 0.667. The maximum atomic E-state index is 12.0. The van der Waals surface area contributed by atoms with Crippen LogP contribution in [-0.4, -0.2) is 18.0 Å². The van der Waals surface area contributed by atoms with E-state index in [0.29, 0.717) is 17.8 Å². The molecule has 0 bridgehead atoms. The molecular weight excluding hydrogens is 440 g/mol. The Morgan fingerprint density at radius 1 is 1.03 bits per heavy atom. The van der Waals surface area contributed by atoms with Crippen molar-refractivity contribution in [2.75, 3.05) is 0 Å². The molecule has 8 atom stereocenters. The van der Waals surface area contributed by atoms with Gasteiger partial charge in [0.25, 0.3) is 0 Å². The van der Waals surface area contributed by atoms with Crippen molar-refractivity contribution in [3.63, 3.8) is 0 Å². The lowest BCUT2D eigenvalue weighted by Gasteiger charge is -2.58. The fourth-order valence-corrected chi connectivity index (χ4v) is 8.47. The first-order valence-corrected chi connectivity index (χ1v) is 13.4. The minimum Gasteiger partial charge on any atom is -0.465 e. The SMILES string of the molecule is CC(=O)O[C@H]1CC[C@@]2(C)C(=CC[C@@H]3[C@@H]2CC[C@]2(C)C([C@H](C)[C@@H](OC(C)=O)c4ccco4)=CC[C@@H]32)C1. The van der Waals surface area contributed by atoms with E-state index in [4.69, 9.17) is 13.9 Å². The summed E-state index contributed by atoms with van der Waals surface area (Å²) in [6.07, 6.45) is 13.8. The van der Waals surface area contributed by atoms with Crippen LogP contribution in [0.1, 0.15) is 91.4 Å². The first kappa shape index (κ1) is 24.4. The zero-order chi connectivity index (χ0) is 25.0. The summed E-state index contributed by atoms with van der Waals surface area (Å²) < 4.78 is 17.1. The number of esters is 2. The number of carbonyl (C=O) groups excluding carboxylic acids is 2. The lowest BCUT2D eigenvalue weighted by atomic mass is 9.47. The van der Waals surface area contributed by atoms with Gasteiger partial charge in [0.05, 0.1) is 6.26 Å². The molecule has 0 aliphatic heterocycles. The zero-order valence-corrected chi connectivity index (χ0v) is 21.8. The Balaban J connectivity index is 1.38. The second-order valence-corrected chi connectivity index (χ2v) is 11.9. The van der Waals surface area contributed by atoms with Crippen LogP contribution in [0, 0.1) is 34.5 Å². The van der Waals surface area contributed by atoms with Gasteiger partial charge in [0.2, 0.25) is 0 Å². The van der Waals surface area contributed by atoms with Crippen molar-refractivity contribution >= 4 is 11.9 Å². The Hall–Kier alpha value is -2.30. The monoisotopic (exact) mass is 480 g/mol. The molecule has 2 saturated carbocycles. The smallest absolute Gasteiger partial charge is 0.303 e. The van der Waals surface area contributed by atoms with Gasteiger partial charge in [-0.3, -0.25) is 9.59 Å². The van der Waals surface area contributed by atoms with E-state index in [1.54, 1.807) is 6.26 Å². The van der Waals surface area contributed by atoms with Crippen LogP contribution >= 0.6 is 0 Å². The van der Waals surface area contributed by atoms with Crippen molar-refractivity contribution in [2.24, 2.45) is 34.5 Å². The van der Waals surface area contributed by atoms with Crippen LogP contribution < -0.4 is 0 Å². The summed E-state index contributed by atoms with van der Waals surface area (Å²) in [7, 11) is 0. The summed E-state index contributed by atoms with van der Waals surface area (Å²) in [6, 6.07) is 3.77. The van der Waals surface area contributed by atoms with E-state index >= 15 is 0 Å². The molecule has 0 spiro atoms. The predicted octanol–water partition coefficient (Wildman–Crippen LogP) is 6.95. The van der Waals surface area contributed by atoms with Crippen molar-refractivity contribution in [3.8, 4) is 0 Å². The van der Waals surface area contributed by atoms with Gasteiger partial charge >= 0.3 is 11.9 Å². The van der Waals surface area contributed by atoms with Gasteiger partial charge < -0.3 is 13.9 Å². The van der Waals surface area contributed by atoms with E-state index < -0.39 is 6.10 Å². The van der Waals surface area contributed by atoms with Crippen LogP contribution in [0.5, 0.6) is 0 Å². The Labute approximate surface area is 209 Å². The molecule has 4 aliphatic rings. The maximum absolute atomic E-state index is 12.0. The molecule has 1 heterocycles. The molecule has 2 fully saturated rings. The highest BCUT2D eigenvalue weighted by Crippen LogP contribution is 2.66. The summed E-state index contributed by atoms with van der Waals surface area (Å²) in [4.78, 5) is 23.5. The average Bonchev–Trinajstić information content (AvgIpc) is 3.44. The molecule has 4 aliphatic carbocycles. The quantitative estimate of drug-likeness (QED) is 0.337. The second-order valence-electron chi connectivity index (χ2n) is 11.9. The number of furan rings is 1. The van der Waals surface area contributed by atoms with Gasteiger partial charge in [-0.05, 0) is 79.2 Å². The van der Waals surface area contributed by atoms with Gasteiger partial charge in [0.1, 0.15) is 11.9 Å². The van der Waals surface area contributed by atoms with Gasteiger partial charge in [0, 0.05) is 26.2 Å². The topological polar surface area (TPSA) is 65.7 Å². The van der Waals surface area contributed by atoms with Crippen molar-refractivity contribution in [2.45, 2.75) is 91.8 Å². The zero-order valence-electron chi connectivity index (χ0n) is 21.8. The van der Waals surface area contributed by atoms with Crippen molar-refractivity contribution in [1.82, 2.24) is 0 Å². The largest absolute Gasteiger partial charge is 0.465 e. The van der Waals surface area contributed by atoms with E-state index in [-0.39, 0.29) is 34.8 Å². The summed E-state index contributed by atoms with van der Waals surface area (Å²) in [6.45, 7) is 10.1. The van der Waals surface area contributed by atoms with Crippen molar-refractivity contribution in [1.29, 1.82) is 0 Å². The molecule has 1 aromatic rings. The first-order valence-electron chi connectivity index (χ1n) is 13.4. The van der Waals surface area contributed by atoms with E-state index in [1.165, 1.54) is 31.4 Å². The van der Waals surface area contributed by atoms with Crippen LogP contribution in [0.15, 0.2) is 46.1 Å². The highest BCUT2D eigenvalue weighted by molar-refractivity contribution is 5.66. The van der Waals surface area contributed by atoms with Crippen LogP contribution in [0.3, 0.4) is 0 Å². The van der Waals surface area contributed by atoms with Crippen LogP contribution in [0.2, 0.25) is 0 Å². The average molecular weight is 481 g/mol. The molecule has 0 N–H and O–H groups in total. The molecule has 5 heteroatoms. The van der Waals surface area contributed by atoms with Crippen molar-refractivity contribution in [3.05, 3.63) is 47.5 Å². The number of allylic oxidation sites excluding steroid dienone is 2. The normalized spacial score (nSPS) is 37.6. The third kappa shape index (κ3) is 4.09. The van der Waals surface area contributed by atoms with Crippen molar-refractivity contribution < 1.29 is 23.5 Å². The lowest BCUT2D eigenvalue weighted by molar-refractivity contribution is -0.150. The van der Waals surface area contributed by atoms with E-state index in [2.05, 4.69) is 32.9 Å². The van der Waals surface area contributed by atoms with E-state index in [1.807, 2.05) is 12.1 Å².